The number of fused-ring (bicyclic) bond motifs is 3. The third-order valence-corrected chi connectivity index (χ3v) is 3.78. The standard InChI is InChI=1S/C11H7ClN2OS/c12-7-1-2-8-6(3-7)4-9-10(8)14-11(16-9)13-5-15/h1-5,10H,(H,13,14,15). The van der Waals surface area contributed by atoms with Gasteiger partial charge in [-0.2, -0.15) is 0 Å². The van der Waals surface area contributed by atoms with Crippen molar-refractivity contribution in [2.75, 3.05) is 0 Å². The molecule has 1 atom stereocenters. The normalized spacial score (nSPS) is 20.9. The number of halogens is 1. The van der Waals surface area contributed by atoms with Crippen LogP contribution >= 0.6 is 23.4 Å². The molecule has 1 aromatic carbocycles. The summed E-state index contributed by atoms with van der Waals surface area (Å²) in [6, 6.07) is 5.83. The number of nitrogens with one attached hydrogen (secondary N) is 1. The van der Waals surface area contributed by atoms with Crippen molar-refractivity contribution < 1.29 is 4.79 Å². The van der Waals surface area contributed by atoms with E-state index in [1.807, 2.05) is 18.2 Å². The molecule has 0 bridgehead atoms. The fourth-order valence-electron chi connectivity index (χ4n) is 1.90. The summed E-state index contributed by atoms with van der Waals surface area (Å²) in [6.45, 7) is 0. The number of aliphatic imine (C=N–C) groups is 1. The number of nitrogens with zero attached hydrogens (tertiary/aromatic N) is 1. The minimum absolute atomic E-state index is 0.0414. The Balaban J connectivity index is 2.00. The van der Waals surface area contributed by atoms with Crippen molar-refractivity contribution in [1.82, 2.24) is 5.32 Å². The average Bonchev–Trinajstić information content (AvgIpc) is 2.74. The summed E-state index contributed by atoms with van der Waals surface area (Å²) >= 11 is 7.42. The smallest absolute Gasteiger partial charge is 0.213 e. The van der Waals surface area contributed by atoms with E-state index in [1.165, 1.54) is 11.8 Å². The van der Waals surface area contributed by atoms with Crippen molar-refractivity contribution >= 4 is 41.0 Å². The van der Waals surface area contributed by atoms with Crippen LogP contribution in [0.4, 0.5) is 0 Å². The van der Waals surface area contributed by atoms with Gasteiger partial charge in [0.15, 0.2) is 5.17 Å². The Kier molecular flexibility index (Phi) is 2.26. The van der Waals surface area contributed by atoms with E-state index in [2.05, 4.69) is 16.4 Å². The minimum Gasteiger partial charge on any atom is -0.308 e. The Labute approximate surface area is 102 Å². The number of benzene rings is 1. The van der Waals surface area contributed by atoms with Crippen LogP contribution in [0.3, 0.4) is 0 Å². The molecule has 0 saturated carbocycles. The molecule has 3 nitrogen and oxygen atoms in total. The van der Waals surface area contributed by atoms with Crippen molar-refractivity contribution in [1.29, 1.82) is 0 Å². The van der Waals surface area contributed by atoms with Crippen LogP contribution in [0.2, 0.25) is 5.02 Å². The molecule has 0 radical (unpaired) electrons. The van der Waals surface area contributed by atoms with Gasteiger partial charge in [-0.25, -0.2) is 4.99 Å². The van der Waals surface area contributed by atoms with E-state index < -0.39 is 0 Å². The number of rotatable bonds is 1. The summed E-state index contributed by atoms with van der Waals surface area (Å²) in [5, 5.41) is 3.97. The number of amides is 1. The molecule has 1 aliphatic carbocycles. The first-order valence-corrected chi connectivity index (χ1v) is 5.94. The SMILES string of the molecule is O=CNC1=NC2C(=Cc3cc(Cl)ccc32)S1. The molecule has 1 unspecified atom stereocenters. The van der Waals surface area contributed by atoms with E-state index >= 15 is 0 Å². The Hall–Kier alpha value is -1.26. The summed E-state index contributed by atoms with van der Waals surface area (Å²) < 4.78 is 0. The van der Waals surface area contributed by atoms with E-state index in [0.29, 0.717) is 11.6 Å². The predicted molar refractivity (Wildman–Crippen MR) is 66.4 cm³/mol. The second-order valence-electron chi connectivity index (χ2n) is 3.52. The van der Waals surface area contributed by atoms with Gasteiger partial charge in [0.25, 0.3) is 0 Å². The third-order valence-electron chi connectivity index (χ3n) is 2.55. The highest BCUT2D eigenvalue weighted by atomic mass is 35.5. The molecule has 80 valence electrons. The maximum atomic E-state index is 10.3. The maximum absolute atomic E-state index is 10.3. The lowest BCUT2D eigenvalue weighted by molar-refractivity contribution is -0.108. The molecule has 1 heterocycles. The van der Waals surface area contributed by atoms with Crippen LogP contribution in [0.1, 0.15) is 17.2 Å². The zero-order valence-corrected chi connectivity index (χ0v) is 9.68. The number of hydrogen-bond acceptors (Lipinski definition) is 3. The van der Waals surface area contributed by atoms with Gasteiger partial charge < -0.3 is 5.32 Å². The van der Waals surface area contributed by atoms with Crippen LogP contribution in [-0.2, 0) is 4.79 Å². The minimum atomic E-state index is 0.0414. The highest BCUT2D eigenvalue weighted by Gasteiger charge is 2.31. The molecule has 5 heteroatoms. The Morgan fingerprint density at radius 1 is 1.50 bits per heavy atom. The van der Waals surface area contributed by atoms with E-state index in [-0.39, 0.29) is 6.04 Å². The van der Waals surface area contributed by atoms with Crippen molar-refractivity contribution in [3.05, 3.63) is 39.3 Å². The molecule has 1 amide bonds. The first kappa shape index (κ1) is 9.93. The van der Waals surface area contributed by atoms with E-state index in [9.17, 15) is 4.79 Å². The van der Waals surface area contributed by atoms with Crippen molar-refractivity contribution in [2.45, 2.75) is 6.04 Å². The van der Waals surface area contributed by atoms with Crippen LogP contribution in [0.15, 0.2) is 28.1 Å². The second kappa shape index (κ2) is 3.64. The van der Waals surface area contributed by atoms with Gasteiger partial charge in [0, 0.05) is 9.93 Å². The molecule has 3 rings (SSSR count). The van der Waals surface area contributed by atoms with Gasteiger partial charge in [-0.1, -0.05) is 29.4 Å². The first-order chi connectivity index (χ1) is 7.78. The third kappa shape index (κ3) is 1.45. The molecule has 0 fully saturated rings. The summed E-state index contributed by atoms with van der Waals surface area (Å²) in [5.74, 6) is 0. The molecule has 0 spiro atoms. The summed E-state index contributed by atoms with van der Waals surface area (Å²) in [6.07, 6.45) is 2.72. The van der Waals surface area contributed by atoms with E-state index in [1.54, 1.807) is 0 Å². The molecular formula is C11H7ClN2OS. The highest BCUT2D eigenvalue weighted by molar-refractivity contribution is 8.17. The van der Waals surface area contributed by atoms with Crippen molar-refractivity contribution in [2.24, 2.45) is 4.99 Å². The number of thioether (sulfide) groups is 1. The monoisotopic (exact) mass is 250 g/mol. The second-order valence-corrected chi connectivity index (χ2v) is 5.02. The van der Waals surface area contributed by atoms with Crippen LogP contribution in [0, 0.1) is 0 Å². The quantitative estimate of drug-likeness (QED) is 0.779. The fourth-order valence-corrected chi connectivity index (χ4v) is 3.04. The molecule has 16 heavy (non-hydrogen) atoms. The molecule has 1 aliphatic heterocycles. The summed E-state index contributed by atoms with van der Waals surface area (Å²) in [7, 11) is 0. The molecule has 0 saturated heterocycles. The number of carbonyl (C=O) groups excluding carboxylic acids is 1. The number of hydrogen-bond donors (Lipinski definition) is 1. The molecule has 1 N–H and O–H groups in total. The van der Waals surface area contributed by atoms with Crippen LogP contribution in [-0.4, -0.2) is 11.6 Å². The first-order valence-electron chi connectivity index (χ1n) is 4.75. The van der Waals surface area contributed by atoms with Crippen LogP contribution in [0.25, 0.3) is 6.08 Å². The van der Waals surface area contributed by atoms with Gasteiger partial charge in [0.1, 0.15) is 6.04 Å². The van der Waals surface area contributed by atoms with Crippen LogP contribution in [0.5, 0.6) is 0 Å². The lowest BCUT2D eigenvalue weighted by atomic mass is 10.1. The van der Waals surface area contributed by atoms with Gasteiger partial charge in [0.2, 0.25) is 6.41 Å². The van der Waals surface area contributed by atoms with Gasteiger partial charge in [-0.05, 0) is 29.3 Å². The van der Waals surface area contributed by atoms with Gasteiger partial charge in [-0.3, -0.25) is 4.79 Å². The highest BCUT2D eigenvalue weighted by Crippen LogP contribution is 2.48. The topological polar surface area (TPSA) is 41.5 Å². The van der Waals surface area contributed by atoms with Gasteiger partial charge >= 0.3 is 0 Å². The summed E-state index contributed by atoms with van der Waals surface area (Å²) in [4.78, 5) is 15.9. The van der Waals surface area contributed by atoms with E-state index in [4.69, 9.17) is 11.6 Å². The largest absolute Gasteiger partial charge is 0.308 e. The number of amidine groups is 1. The summed E-state index contributed by atoms with van der Waals surface area (Å²) in [5.41, 5.74) is 2.27. The molecular weight excluding hydrogens is 244 g/mol. The van der Waals surface area contributed by atoms with Crippen molar-refractivity contribution in [3.8, 4) is 0 Å². The Bertz CT molecular complexity index is 539. The number of carbonyl (C=O) groups is 1. The Morgan fingerprint density at radius 2 is 2.38 bits per heavy atom. The lowest BCUT2D eigenvalue weighted by Gasteiger charge is -2.04. The molecule has 2 aliphatic rings. The molecule has 0 aromatic heterocycles. The zero-order valence-electron chi connectivity index (χ0n) is 8.11. The Morgan fingerprint density at radius 3 is 3.19 bits per heavy atom. The van der Waals surface area contributed by atoms with Crippen molar-refractivity contribution in [3.63, 3.8) is 0 Å². The van der Waals surface area contributed by atoms with Crippen LogP contribution < -0.4 is 5.32 Å². The maximum Gasteiger partial charge on any atom is 0.213 e. The van der Waals surface area contributed by atoms with Gasteiger partial charge in [0.05, 0.1) is 0 Å². The fraction of sp³-hybridized carbons (Fsp3) is 0.0909. The average molecular weight is 251 g/mol. The van der Waals surface area contributed by atoms with Gasteiger partial charge in [-0.15, -0.1) is 0 Å². The van der Waals surface area contributed by atoms with E-state index in [0.717, 1.165) is 21.1 Å². The lowest BCUT2D eigenvalue weighted by Crippen LogP contribution is -2.15. The molecule has 1 aromatic rings. The zero-order chi connectivity index (χ0) is 11.1. The predicted octanol–water partition coefficient (Wildman–Crippen LogP) is 2.58.